The first-order valence-corrected chi connectivity index (χ1v) is 7.84. The Morgan fingerprint density at radius 1 is 1.27 bits per heavy atom. The number of nitrogens with one attached hydrogen (secondary N) is 2. The van der Waals surface area contributed by atoms with Gasteiger partial charge in [0, 0.05) is 6.42 Å². The van der Waals surface area contributed by atoms with Crippen LogP contribution in [0.15, 0.2) is 22.8 Å². The quantitative estimate of drug-likeness (QED) is 0.571. The summed E-state index contributed by atoms with van der Waals surface area (Å²) < 4.78 is 5.17. The van der Waals surface area contributed by atoms with Gasteiger partial charge in [-0.05, 0) is 37.4 Å². The number of unbranched alkanes of at least 4 members (excludes halogenated alkanes) is 2. The van der Waals surface area contributed by atoms with Crippen molar-refractivity contribution < 1.29 is 14.0 Å². The summed E-state index contributed by atoms with van der Waals surface area (Å²) in [5.74, 6) is 0.416. The topological polar surface area (TPSA) is 97.4 Å². The minimum atomic E-state index is -0.531. The zero-order chi connectivity index (χ0) is 16.4. The predicted octanol–water partition coefficient (Wildman–Crippen LogP) is 1.56. The summed E-state index contributed by atoms with van der Waals surface area (Å²) in [6.07, 6.45) is 4.63. The van der Waals surface area contributed by atoms with E-state index in [1.807, 2.05) is 13.8 Å². The summed E-state index contributed by atoms with van der Waals surface area (Å²) in [5, 5.41) is 5.59. The molecule has 0 aliphatic carbocycles. The zero-order valence-corrected chi connectivity index (χ0v) is 13.4. The molecule has 0 saturated heterocycles. The van der Waals surface area contributed by atoms with E-state index in [0.29, 0.717) is 25.3 Å². The maximum atomic E-state index is 12.2. The van der Waals surface area contributed by atoms with E-state index in [4.69, 9.17) is 10.2 Å². The lowest BCUT2D eigenvalue weighted by atomic mass is 10.0. The number of hydrogen-bond acceptors (Lipinski definition) is 4. The third-order valence-electron chi connectivity index (χ3n) is 3.39. The molecule has 1 rings (SSSR count). The first-order chi connectivity index (χ1) is 10.5. The molecule has 0 bridgehead atoms. The van der Waals surface area contributed by atoms with Crippen molar-refractivity contribution in [3.8, 4) is 0 Å². The molecule has 6 nitrogen and oxygen atoms in total. The third kappa shape index (κ3) is 6.76. The van der Waals surface area contributed by atoms with Crippen LogP contribution in [-0.4, -0.2) is 24.4 Å². The Balaban J connectivity index is 2.39. The Bertz CT molecular complexity index is 443. The molecule has 0 aromatic carbocycles. The van der Waals surface area contributed by atoms with Crippen molar-refractivity contribution in [3.05, 3.63) is 24.2 Å². The molecule has 1 aromatic heterocycles. The van der Waals surface area contributed by atoms with Gasteiger partial charge in [0.25, 0.3) is 0 Å². The van der Waals surface area contributed by atoms with Crippen LogP contribution in [0.3, 0.4) is 0 Å². The molecule has 4 N–H and O–H groups in total. The lowest BCUT2D eigenvalue weighted by molar-refractivity contribution is -0.130. The van der Waals surface area contributed by atoms with Gasteiger partial charge in [0.05, 0.1) is 12.8 Å². The fourth-order valence-electron chi connectivity index (χ4n) is 2.08. The second-order valence-electron chi connectivity index (χ2n) is 5.69. The molecule has 124 valence electrons. The highest BCUT2D eigenvalue weighted by Gasteiger charge is 2.23. The SMILES string of the molecule is CC(C)C(NC(=O)CCCCCN)C(=O)NCc1ccco1. The second-order valence-corrected chi connectivity index (χ2v) is 5.69. The Kier molecular flexibility index (Phi) is 8.28. The summed E-state index contributed by atoms with van der Waals surface area (Å²) in [5.41, 5.74) is 5.42. The van der Waals surface area contributed by atoms with E-state index in [2.05, 4.69) is 10.6 Å². The number of carbonyl (C=O) groups excluding carboxylic acids is 2. The van der Waals surface area contributed by atoms with Gasteiger partial charge in [-0.25, -0.2) is 0 Å². The van der Waals surface area contributed by atoms with Crippen LogP contribution in [0.4, 0.5) is 0 Å². The maximum Gasteiger partial charge on any atom is 0.243 e. The molecular weight excluding hydrogens is 282 g/mol. The van der Waals surface area contributed by atoms with Gasteiger partial charge in [-0.1, -0.05) is 20.3 Å². The van der Waals surface area contributed by atoms with Gasteiger partial charge in [-0.3, -0.25) is 9.59 Å². The van der Waals surface area contributed by atoms with E-state index in [9.17, 15) is 9.59 Å². The largest absolute Gasteiger partial charge is 0.467 e. The van der Waals surface area contributed by atoms with E-state index in [0.717, 1.165) is 19.3 Å². The number of nitrogens with two attached hydrogens (primary N) is 1. The van der Waals surface area contributed by atoms with Gasteiger partial charge >= 0.3 is 0 Å². The van der Waals surface area contributed by atoms with E-state index in [1.54, 1.807) is 18.4 Å². The first-order valence-electron chi connectivity index (χ1n) is 7.84. The summed E-state index contributed by atoms with van der Waals surface area (Å²) in [6.45, 7) is 4.78. The fraction of sp³-hybridized carbons (Fsp3) is 0.625. The van der Waals surface area contributed by atoms with E-state index in [-0.39, 0.29) is 17.7 Å². The first kappa shape index (κ1) is 18.2. The van der Waals surface area contributed by atoms with Crippen LogP contribution in [0.5, 0.6) is 0 Å². The number of amides is 2. The molecule has 0 radical (unpaired) electrons. The molecule has 1 aromatic rings. The van der Waals surface area contributed by atoms with Crippen LogP contribution in [0.2, 0.25) is 0 Å². The molecule has 22 heavy (non-hydrogen) atoms. The predicted molar refractivity (Wildman–Crippen MR) is 84.8 cm³/mol. The lowest BCUT2D eigenvalue weighted by Crippen LogP contribution is -2.49. The molecule has 0 fully saturated rings. The van der Waals surface area contributed by atoms with Crippen LogP contribution in [0.1, 0.15) is 45.3 Å². The average molecular weight is 309 g/mol. The summed E-state index contributed by atoms with van der Waals surface area (Å²) in [4.78, 5) is 24.1. The third-order valence-corrected chi connectivity index (χ3v) is 3.39. The molecule has 1 atom stereocenters. The van der Waals surface area contributed by atoms with E-state index >= 15 is 0 Å². The molecule has 0 saturated carbocycles. The molecular formula is C16H27N3O3. The van der Waals surface area contributed by atoms with Gasteiger partial charge in [-0.2, -0.15) is 0 Å². The highest BCUT2D eigenvalue weighted by Crippen LogP contribution is 2.06. The molecule has 0 spiro atoms. The van der Waals surface area contributed by atoms with Crippen LogP contribution < -0.4 is 16.4 Å². The summed E-state index contributed by atoms with van der Waals surface area (Å²) in [6, 6.07) is 3.03. The van der Waals surface area contributed by atoms with E-state index in [1.165, 1.54) is 0 Å². The Labute approximate surface area is 131 Å². The summed E-state index contributed by atoms with van der Waals surface area (Å²) >= 11 is 0. The molecule has 6 heteroatoms. The zero-order valence-electron chi connectivity index (χ0n) is 13.4. The average Bonchev–Trinajstić information content (AvgIpc) is 3.00. The van der Waals surface area contributed by atoms with Gasteiger partial charge in [0.2, 0.25) is 11.8 Å². The maximum absolute atomic E-state index is 12.2. The van der Waals surface area contributed by atoms with Crippen molar-refractivity contribution in [2.45, 2.75) is 52.1 Å². The van der Waals surface area contributed by atoms with Crippen LogP contribution in [0.25, 0.3) is 0 Å². The van der Waals surface area contributed by atoms with Crippen molar-refractivity contribution in [1.82, 2.24) is 10.6 Å². The standard InChI is InChI=1S/C16H27N3O3/c1-12(2)15(19-14(20)8-4-3-5-9-17)16(21)18-11-13-7-6-10-22-13/h6-7,10,12,15H,3-5,8-9,11,17H2,1-2H3,(H,18,21)(H,19,20). The monoisotopic (exact) mass is 309 g/mol. The highest BCUT2D eigenvalue weighted by molar-refractivity contribution is 5.87. The fourth-order valence-corrected chi connectivity index (χ4v) is 2.08. The Morgan fingerprint density at radius 3 is 2.64 bits per heavy atom. The second kappa shape index (κ2) is 10.00. The minimum absolute atomic E-state index is 0.0181. The smallest absolute Gasteiger partial charge is 0.243 e. The Hall–Kier alpha value is -1.82. The van der Waals surface area contributed by atoms with Gasteiger partial charge in [0.15, 0.2) is 0 Å². The molecule has 0 aliphatic rings. The minimum Gasteiger partial charge on any atom is -0.467 e. The molecule has 0 aliphatic heterocycles. The van der Waals surface area contributed by atoms with Crippen molar-refractivity contribution >= 4 is 11.8 Å². The Morgan fingerprint density at radius 2 is 2.05 bits per heavy atom. The van der Waals surface area contributed by atoms with Crippen molar-refractivity contribution in [3.63, 3.8) is 0 Å². The van der Waals surface area contributed by atoms with Gasteiger partial charge < -0.3 is 20.8 Å². The van der Waals surface area contributed by atoms with Crippen LogP contribution in [-0.2, 0) is 16.1 Å². The number of rotatable bonds is 10. The number of hydrogen-bond donors (Lipinski definition) is 3. The van der Waals surface area contributed by atoms with Crippen LogP contribution >= 0.6 is 0 Å². The number of furan rings is 1. The lowest BCUT2D eigenvalue weighted by Gasteiger charge is -2.21. The highest BCUT2D eigenvalue weighted by atomic mass is 16.3. The van der Waals surface area contributed by atoms with Crippen LogP contribution in [0, 0.1) is 5.92 Å². The molecule has 2 amide bonds. The molecule has 1 heterocycles. The van der Waals surface area contributed by atoms with Gasteiger partial charge in [-0.15, -0.1) is 0 Å². The normalized spacial score (nSPS) is 12.2. The number of carbonyl (C=O) groups is 2. The summed E-state index contributed by atoms with van der Waals surface area (Å²) in [7, 11) is 0. The van der Waals surface area contributed by atoms with Crippen molar-refractivity contribution in [1.29, 1.82) is 0 Å². The molecule has 1 unspecified atom stereocenters. The van der Waals surface area contributed by atoms with E-state index < -0.39 is 6.04 Å². The van der Waals surface area contributed by atoms with Crippen molar-refractivity contribution in [2.75, 3.05) is 6.54 Å². The van der Waals surface area contributed by atoms with Gasteiger partial charge in [0.1, 0.15) is 11.8 Å². The van der Waals surface area contributed by atoms with Crippen molar-refractivity contribution in [2.24, 2.45) is 11.7 Å².